The lowest BCUT2D eigenvalue weighted by Crippen LogP contribution is -2.54. The molecule has 1 aromatic carbocycles. The molecule has 2 aromatic rings. The van der Waals surface area contributed by atoms with Crippen molar-refractivity contribution in [2.45, 2.75) is 51.4 Å². The molecule has 3 rings (SSSR count). The van der Waals surface area contributed by atoms with E-state index in [1.165, 1.54) is 4.31 Å². The minimum atomic E-state index is -3.74. The SMILES string of the molecule is C[C@@H]1COC[C@H](C)N1S(=O)(=O)Nc1cccc(OCC(C)(C)NC[C@H](O)c2cccnc2)c1. The Labute approximate surface area is 196 Å². The van der Waals surface area contributed by atoms with Gasteiger partial charge >= 0.3 is 10.2 Å². The van der Waals surface area contributed by atoms with Crippen LogP contribution in [0.4, 0.5) is 5.69 Å². The number of benzene rings is 1. The molecule has 2 heterocycles. The molecule has 1 fully saturated rings. The Kier molecular flexibility index (Phi) is 8.30. The summed E-state index contributed by atoms with van der Waals surface area (Å²) in [6.45, 7) is 8.99. The van der Waals surface area contributed by atoms with Crippen LogP contribution >= 0.6 is 0 Å². The zero-order valence-corrected chi connectivity index (χ0v) is 20.4. The molecule has 9 nitrogen and oxygen atoms in total. The molecule has 0 amide bonds. The fraction of sp³-hybridized carbons (Fsp3) is 0.522. The summed E-state index contributed by atoms with van der Waals surface area (Å²) in [5, 5.41) is 13.6. The number of rotatable bonds is 10. The number of aromatic nitrogens is 1. The summed E-state index contributed by atoms with van der Waals surface area (Å²) in [5.41, 5.74) is 0.735. The van der Waals surface area contributed by atoms with E-state index < -0.39 is 21.9 Å². The van der Waals surface area contributed by atoms with Gasteiger partial charge in [0.15, 0.2) is 0 Å². The van der Waals surface area contributed by atoms with Crippen LogP contribution in [-0.2, 0) is 14.9 Å². The van der Waals surface area contributed by atoms with Gasteiger partial charge in [-0.2, -0.15) is 12.7 Å². The van der Waals surface area contributed by atoms with Crippen molar-refractivity contribution in [3.8, 4) is 5.75 Å². The van der Waals surface area contributed by atoms with E-state index in [1.807, 2.05) is 33.8 Å². The van der Waals surface area contributed by atoms with Gasteiger partial charge in [0, 0.05) is 48.2 Å². The average Bonchev–Trinajstić information content (AvgIpc) is 2.76. The first kappa shape index (κ1) is 25.4. The highest BCUT2D eigenvalue weighted by atomic mass is 32.2. The van der Waals surface area contributed by atoms with Gasteiger partial charge in [-0.1, -0.05) is 12.1 Å². The molecule has 0 aliphatic carbocycles. The van der Waals surface area contributed by atoms with Crippen molar-refractivity contribution >= 4 is 15.9 Å². The second-order valence-electron chi connectivity index (χ2n) is 9.06. The van der Waals surface area contributed by atoms with Crippen LogP contribution in [-0.4, -0.2) is 66.8 Å². The van der Waals surface area contributed by atoms with Crippen molar-refractivity contribution in [2.24, 2.45) is 0 Å². The Morgan fingerprint density at radius 3 is 2.64 bits per heavy atom. The summed E-state index contributed by atoms with van der Waals surface area (Å²) in [4.78, 5) is 4.03. The number of nitrogens with zero attached hydrogens (tertiary/aromatic N) is 2. The van der Waals surface area contributed by atoms with Gasteiger partial charge in [0.05, 0.1) is 25.0 Å². The maximum atomic E-state index is 13.0. The summed E-state index contributed by atoms with van der Waals surface area (Å²) in [7, 11) is -3.74. The summed E-state index contributed by atoms with van der Waals surface area (Å²) < 4.78 is 41.4. The second kappa shape index (κ2) is 10.8. The topological polar surface area (TPSA) is 113 Å². The first-order valence-corrected chi connectivity index (χ1v) is 12.5. The fourth-order valence-electron chi connectivity index (χ4n) is 3.69. The highest BCUT2D eigenvalue weighted by Gasteiger charge is 2.35. The number of morpholine rings is 1. The summed E-state index contributed by atoms with van der Waals surface area (Å²) >= 11 is 0. The largest absolute Gasteiger partial charge is 0.492 e. The van der Waals surface area contributed by atoms with Gasteiger partial charge in [-0.15, -0.1) is 0 Å². The lowest BCUT2D eigenvalue weighted by molar-refractivity contribution is 0.00669. The maximum absolute atomic E-state index is 13.0. The predicted octanol–water partition coefficient (Wildman–Crippen LogP) is 2.33. The molecule has 33 heavy (non-hydrogen) atoms. The summed E-state index contributed by atoms with van der Waals surface area (Å²) in [5.74, 6) is 0.543. The highest BCUT2D eigenvalue weighted by Crippen LogP contribution is 2.24. The van der Waals surface area contributed by atoms with Crippen molar-refractivity contribution in [3.63, 3.8) is 0 Å². The first-order valence-electron chi connectivity index (χ1n) is 11.0. The summed E-state index contributed by atoms with van der Waals surface area (Å²) in [6, 6.07) is 9.98. The Hall–Kier alpha value is -2.24. The van der Waals surface area contributed by atoms with Gasteiger partial charge in [0.2, 0.25) is 0 Å². The minimum Gasteiger partial charge on any atom is -0.492 e. The quantitative estimate of drug-likeness (QED) is 0.480. The second-order valence-corrected chi connectivity index (χ2v) is 10.6. The van der Waals surface area contributed by atoms with Gasteiger partial charge in [-0.05, 0) is 45.9 Å². The fourth-order valence-corrected chi connectivity index (χ4v) is 5.29. The molecular weight excluding hydrogens is 444 g/mol. The van der Waals surface area contributed by atoms with E-state index in [-0.39, 0.29) is 12.1 Å². The predicted molar refractivity (Wildman–Crippen MR) is 127 cm³/mol. The number of pyridine rings is 1. The smallest absolute Gasteiger partial charge is 0.302 e. The molecular formula is C23H34N4O5S. The van der Waals surface area contributed by atoms with Gasteiger partial charge in [-0.3, -0.25) is 9.71 Å². The molecule has 0 spiro atoms. The van der Waals surface area contributed by atoms with E-state index >= 15 is 0 Å². The third-order valence-electron chi connectivity index (χ3n) is 5.39. The monoisotopic (exact) mass is 478 g/mol. The number of aliphatic hydroxyl groups excluding tert-OH is 1. The Morgan fingerprint density at radius 2 is 1.97 bits per heavy atom. The molecule has 182 valence electrons. The molecule has 0 saturated carbocycles. The van der Waals surface area contributed by atoms with Crippen molar-refractivity contribution in [1.29, 1.82) is 0 Å². The highest BCUT2D eigenvalue weighted by molar-refractivity contribution is 7.90. The average molecular weight is 479 g/mol. The molecule has 1 saturated heterocycles. The first-order chi connectivity index (χ1) is 15.6. The normalized spacial score (nSPS) is 20.9. The maximum Gasteiger partial charge on any atom is 0.302 e. The van der Waals surface area contributed by atoms with Crippen LogP contribution < -0.4 is 14.8 Å². The van der Waals surface area contributed by atoms with Crippen LogP contribution in [0.2, 0.25) is 0 Å². The molecule has 0 radical (unpaired) electrons. The molecule has 0 unspecified atom stereocenters. The van der Waals surface area contributed by atoms with Crippen LogP contribution in [0, 0.1) is 0 Å². The van der Waals surface area contributed by atoms with Crippen molar-refractivity contribution < 1.29 is 23.0 Å². The number of ether oxygens (including phenoxy) is 2. The van der Waals surface area contributed by atoms with E-state index in [4.69, 9.17) is 9.47 Å². The Morgan fingerprint density at radius 1 is 1.24 bits per heavy atom. The van der Waals surface area contributed by atoms with E-state index in [0.717, 1.165) is 5.56 Å². The van der Waals surface area contributed by atoms with Gasteiger partial charge < -0.3 is 19.9 Å². The molecule has 10 heteroatoms. The number of aliphatic hydroxyl groups is 1. The molecule has 0 bridgehead atoms. The lowest BCUT2D eigenvalue weighted by Gasteiger charge is -2.37. The van der Waals surface area contributed by atoms with E-state index in [1.54, 1.807) is 42.7 Å². The Balaban J connectivity index is 1.57. The number of hydrogen-bond acceptors (Lipinski definition) is 7. The van der Waals surface area contributed by atoms with E-state index in [2.05, 4.69) is 15.0 Å². The number of anilines is 1. The molecule has 3 atom stereocenters. The molecule has 1 aliphatic heterocycles. The van der Waals surface area contributed by atoms with Crippen LogP contribution in [0.5, 0.6) is 5.75 Å². The molecule has 1 aromatic heterocycles. The van der Waals surface area contributed by atoms with E-state index in [0.29, 0.717) is 37.8 Å². The van der Waals surface area contributed by atoms with E-state index in [9.17, 15) is 13.5 Å². The molecule has 1 aliphatic rings. The number of hydrogen-bond donors (Lipinski definition) is 3. The van der Waals surface area contributed by atoms with Gasteiger partial charge in [0.25, 0.3) is 0 Å². The van der Waals surface area contributed by atoms with Crippen molar-refractivity contribution in [1.82, 2.24) is 14.6 Å². The van der Waals surface area contributed by atoms with Crippen LogP contribution in [0.15, 0.2) is 48.8 Å². The van der Waals surface area contributed by atoms with Crippen LogP contribution in [0.25, 0.3) is 0 Å². The zero-order valence-electron chi connectivity index (χ0n) is 19.6. The van der Waals surface area contributed by atoms with Gasteiger partial charge in [0.1, 0.15) is 12.4 Å². The minimum absolute atomic E-state index is 0.250. The molecule has 3 N–H and O–H groups in total. The van der Waals surface area contributed by atoms with Crippen LogP contribution in [0.3, 0.4) is 0 Å². The number of nitrogens with one attached hydrogen (secondary N) is 2. The number of β-amino-alcohol motifs (C(OH)–C–C–N with tert-alkyl or cyclic N) is 1. The Bertz CT molecular complexity index is 993. The lowest BCUT2D eigenvalue weighted by atomic mass is 10.1. The standard InChI is InChI=1S/C23H34N4O5S/c1-17-14-31-15-18(2)27(17)33(29,30)26-20-8-5-9-21(11-20)32-16-23(3,4)25-13-22(28)19-7-6-10-24-12-19/h5-12,17-18,22,25-26,28H,13-16H2,1-4H3/t17-,18+,22-/m0/s1. The van der Waals surface area contributed by atoms with Crippen LogP contribution in [0.1, 0.15) is 39.4 Å². The third-order valence-corrected chi connectivity index (χ3v) is 7.16. The van der Waals surface area contributed by atoms with Crippen molar-refractivity contribution in [2.75, 3.05) is 31.1 Å². The van der Waals surface area contributed by atoms with Gasteiger partial charge in [-0.25, -0.2) is 0 Å². The van der Waals surface area contributed by atoms with Crippen molar-refractivity contribution in [3.05, 3.63) is 54.4 Å². The third kappa shape index (κ3) is 7.12. The summed E-state index contributed by atoms with van der Waals surface area (Å²) in [6.07, 6.45) is 2.62. The zero-order chi connectivity index (χ0) is 24.1.